The van der Waals surface area contributed by atoms with Crippen LogP contribution in [-0.4, -0.2) is 17.4 Å². The van der Waals surface area contributed by atoms with Crippen LogP contribution >= 0.6 is 0 Å². The zero-order valence-electron chi connectivity index (χ0n) is 6.83. The molecule has 0 aliphatic carbocycles. The number of aromatic nitrogens is 1. The number of Topliss-reactive ketones (excluding diaryl/α,β-unsaturated/α-hetero) is 1. The molecule has 62 valence electrons. The predicted molar refractivity (Wildman–Crippen MR) is 43.4 cm³/mol. The van der Waals surface area contributed by atoms with Gasteiger partial charge in [-0.25, -0.2) is 4.98 Å². The van der Waals surface area contributed by atoms with Gasteiger partial charge in [-0.15, -0.1) is 0 Å². The number of pyridine rings is 1. The van der Waals surface area contributed by atoms with E-state index >= 15 is 0 Å². The molecule has 2 rings (SSSR count). The van der Waals surface area contributed by atoms with Gasteiger partial charge >= 0.3 is 0 Å². The predicted octanol–water partition coefficient (Wildman–Crippen LogP) is 1.36. The summed E-state index contributed by atoms with van der Waals surface area (Å²) >= 11 is 0. The Labute approximate surface area is 70.4 Å². The molecule has 1 aromatic heterocycles. The zero-order valence-corrected chi connectivity index (χ0v) is 6.83. The fourth-order valence-corrected chi connectivity index (χ4v) is 1.29. The summed E-state index contributed by atoms with van der Waals surface area (Å²) in [7, 11) is 0. The average Bonchev–Trinajstić information content (AvgIpc) is 2.07. The third-order valence-corrected chi connectivity index (χ3v) is 1.94. The number of aryl methyl sites for hydroxylation is 1. The molecule has 0 N–H and O–H groups in total. The minimum Gasteiger partial charge on any atom is -0.490 e. The van der Waals surface area contributed by atoms with Gasteiger partial charge in [-0.2, -0.15) is 0 Å². The Morgan fingerprint density at radius 3 is 3.17 bits per heavy atom. The topological polar surface area (TPSA) is 39.2 Å². The van der Waals surface area contributed by atoms with Gasteiger partial charge < -0.3 is 4.74 Å². The van der Waals surface area contributed by atoms with Crippen molar-refractivity contribution in [3.63, 3.8) is 0 Å². The normalized spacial score (nSPS) is 15.2. The number of ether oxygens (including phenoxy) is 1. The Bertz CT molecular complexity index is 333. The molecular formula is C9H9NO2. The summed E-state index contributed by atoms with van der Waals surface area (Å²) in [5, 5.41) is 0. The van der Waals surface area contributed by atoms with Crippen LogP contribution in [0.25, 0.3) is 0 Å². The number of nitrogens with zero attached hydrogens (tertiary/aromatic N) is 1. The first-order chi connectivity index (χ1) is 5.79. The Hall–Kier alpha value is -1.38. The highest BCUT2D eigenvalue weighted by molar-refractivity contribution is 5.98. The molecule has 0 fully saturated rings. The molecule has 0 spiro atoms. The van der Waals surface area contributed by atoms with Crippen molar-refractivity contribution in [3.05, 3.63) is 23.5 Å². The van der Waals surface area contributed by atoms with Crippen molar-refractivity contribution in [3.8, 4) is 5.75 Å². The molecule has 0 radical (unpaired) electrons. The maximum Gasteiger partial charge on any atom is 0.188 e. The first kappa shape index (κ1) is 7.28. The largest absolute Gasteiger partial charge is 0.490 e. The number of rotatable bonds is 0. The van der Waals surface area contributed by atoms with Crippen molar-refractivity contribution < 1.29 is 9.53 Å². The van der Waals surface area contributed by atoms with Crippen LogP contribution in [0.5, 0.6) is 5.75 Å². The van der Waals surface area contributed by atoms with E-state index in [-0.39, 0.29) is 5.78 Å². The van der Waals surface area contributed by atoms with E-state index in [1.54, 1.807) is 6.20 Å². The van der Waals surface area contributed by atoms with E-state index in [9.17, 15) is 4.79 Å². The summed E-state index contributed by atoms with van der Waals surface area (Å²) in [5.41, 5.74) is 1.47. The van der Waals surface area contributed by atoms with Gasteiger partial charge in [0, 0.05) is 12.6 Å². The van der Waals surface area contributed by atoms with E-state index in [2.05, 4.69) is 4.98 Å². The monoisotopic (exact) mass is 163 g/mol. The third-order valence-electron chi connectivity index (χ3n) is 1.94. The highest BCUT2D eigenvalue weighted by Crippen LogP contribution is 2.25. The lowest BCUT2D eigenvalue weighted by atomic mass is 10.1. The van der Waals surface area contributed by atoms with E-state index in [1.165, 1.54) is 0 Å². The van der Waals surface area contributed by atoms with Crippen molar-refractivity contribution in [2.45, 2.75) is 13.3 Å². The second kappa shape index (κ2) is 2.59. The first-order valence-electron chi connectivity index (χ1n) is 3.90. The van der Waals surface area contributed by atoms with Gasteiger partial charge in [0.2, 0.25) is 0 Å². The van der Waals surface area contributed by atoms with Gasteiger partial charge in [0.1, 0.15) is 5.69 Å². The van der Waals surface area contributed by atoms with Crippen molar-refractivity contribution in [1.82, 2.24) is 4.98 Å². The highest BCUT2D eigenvalue weighted by Gasteiger charge is 2.20. The van der Waals surface area contributed by atoms with Crippen LogP contribution in [0.1, 0.15) is 22.5 Å². The van der Waals surface area contributed by atoms with Crippen LogP contribution in [0, 0.1) is 6.92 Å². The number of carbonyl (C=O) groups is 1. The molecule has 2 heterocycles. The summed E-state index contributed by atoms with van der Waals surface area (Å²) in [6.07, 6.45) is 2.09. The maximum atomic E-state index is 11.3. The molecule has 12 heavy (non-hydrogen) atoms. The summed E-state index contributed by atoms with van der Waals surface area (Å²) in [6.45, 7) is 2.40. The Kier molecular flexibility index (Phi) is 1.57. The fraction of sp³-hybridized carbons (Fsp3) is 0.333. The lowest BCUT2D eigenvalue weighted by Gasteiger charge is -2.16. The second-order valence-electron chi connectivity index (χ2n) is 2.83. The molecule has 3 heteroatoms. The van der Waals surface area contributed by atoms with Gasteiger partial charge in [-0.05, 0) is 18.6 Å². The molecule has 0 saturated heterocycles. The highest BCUT2D eigenvalue weighted by atomic mass is 16.5. The van der Waals surface area contributed by atoms with Crippen LogP contribution in [0.2, 0.25) is 0 Å². The van der Waals surface area contributed by atoms with E-state index in [1.807, 2.05) is 13.0 Å². The summed E-state index contributed by atoms with van der Waals surface area (Å²) in [5.74, 6) is 0.744. The second-order valence-corrected chi connectivity index (χ2v) is 2.83. The van der Waals surface area contributed by atoms with Crippen LogP contribution in [0.3, 0.4) is 0 Å². The molecule has 0 bridgehead atoms. The van der Waals surface area contributed by atoms with Gasteiger partial charge in [0.05, 0.1) is 6.61 Å². The van der Waals surface area contributed by atoms with Crippen LogP contribution in [0.15, 0.2) is 12.3 Å². The number of carbonyl (C=O) groups excluding carboxylic acids is 1. The van der Waals surface area contributed by atoms with E-state index in [0.717, 1.165) is 5.56 Å². The lowest BCUT2D eigenvalue weighted by Crippen LogP contribution is -2.17. The fourth-order valence-electron chi connectivity index (χ4n) is 1.29. The maximum absolute atomic E-state index is 11.3. The summed E-state index contributed by atoms with van der Waals surface area (Å²) in [6, 6.07) is 1.84. The minimum atomic E-state index is 0.0833. The smallest absolute Gasteiger partial charge is 0.188 e. The van der Waals surface area contributed by atoms with Gasteiger partial charge in [0.15, 0.2) is 11.5 Å². The average molecular weight is 163 g/mol. The Balaban J connectivity index is 2.59. The number of hydrogen-bond donors (Lipinski definition) is 0. The van der Waals surface area contributed by atoms with E-state index in [4.69, 9.17) is 4.74 Å². The zero-order chi connectivity index (χ0) is 8.55. The SMILES string of the molecule is Cc1ccnc2c1OCCC2=O. The van der Waals surface area contributed by atoms with Crippen molar-refractivity contribution in [2.24, 2.45) is 0 Å². The van der Waals surface area contributed by atoms with Crippen molar-refractivity contribution in [1.29, 1.82) is 0 Å². The molecule has 0 amide bonds. The number of fused-ring (bicyclic) bond motifs is 1. The van der Waals surface area contributed by atoms with Crippen LogP contribution in [0.4, 0.5) is 0 Å². The lowest BCUT2D eigenvalue weighted by molar-refractivity contribution is 0.0926. The van der Waals surface area contributed by atoms with E-state index < -0.39 is 0 Å². The van der Waals surface area contributed by atoms with Crippen LogP contribution in [-0.2, 0) is 0 Å². The number of ketones is 1. The standard InChI is InChI=1S/C9H9NO2/c1-6-2-4-10-8-7(11)3-5-12-9(6)8/h2,4H,3,5H2,1H3. The van der Waals surface area contributed by atoms with Gasteiger partial charge in [0.25, 0.3) is 0 Å². The molecule has 0 saturated carbocycles. The Morgan fingerprint density at radius 1 is 1.58 bits per heavy atom. The third kappa shape index (κ3) is 0.978. The van der Waals surface area contributed by atoms with Gasteiger partial charge in [-0.1, -0.05) is 0 Å². The first-order valence-corrected chi connectivity index (χ1v) is 3.90. The van der Waals surface area contributed by atoms with E-state index in [0.29, 0.717) is 24.5 Å². The Morgan fingerprint density at radius 2 is 2.42 bits per heavy atom. The molecule has 1 aliphatic heterocycles. The molecular weight excluding hydrogens is 154 g/mol. The summed E-state index contributed by atoms with van der Waals surface area (Å²) < 4.78 is 5.34. The summed E-state index contributed by atoms with van der Waals surface area (Å²) in [4.78, 5) is 15.3. The molecule has 0 aromatic carbocycles. The molecule has 0 atom stereocenters. The quantitative estimate of drug-likeness (QED) is 0.579. The number of hydrogen-bond acceptors (Lipinski definition) is 3. The van der Waals surface area contributed by atoms with Crippen LogP contribution < -0.4 is 4.74 Å². The molecule has 1 aliphatic rings. The van der Waals surface area contributed by atoms with Gasteiger partial charge in [-0.3, -0.25) is 4.79 Å². The molecule has 0 unspecified atom stereocenters. The van der Waals surface area contributed by atoms with Crippen molar-refractivity contribution in [2.75, 3.05) is 6.61 Å². The molecule has 3 nitrogen and oxygen atoms in total. The minimum absolute atomic E-state index is 0.0833. The molecule has 1 aromatic rings. The van der Waals surface area contributed by atoms with Crippen molar-refractivity contribution >= 4 is 5.78 Å².